The normalized spacial score (nSPS) is 33.2. The Labute approximate surface area is 72.7 Å². The summed E-state index contributed by atoms with van der Waals surface area (Å²) < 4.78 is 11.4. The van der Waals surface area contributed by atoms with Crippen LogP contribution in [0, 0.1) is 0 Å². The zero-order valence-corrected chi connectivity index (χ0v) is 7.29. The summed E-state index contributed by atoms with van der Waals surface area (Å²) >= 11 is 0. The summed E-state index contributed by atoms with van der Waals surface area (Å²) in [7, 11) is 0. The van der Waals surface area contributed by atoms with Crippen LogP contribution in [0.4, 0.5) is 0 Å². The average molecular weight is 172 g/mol. The lowest BCUT2D eigenvalue weighted by atomic mass is 10.2. The molecule has 1 unspecified atom stereocenters. The van der Waals surface area contributed by atoms with Crippen LogP contribution in [0.1, 0.15) is 32.1 Å². The van der Waals surface area contributed by atoms with Gasteiger partial charge in [-0.05, 0) is 19.3 Å². The van der Waals surface area contributed by atoms with Crippen LogP contribution in [0.2, 0.25) is 0 Å². The Balaban J connectivity index is 1.88. The molecule has 1 spiro atoms. The van der Waals surface area contributed by atoms with Crippen LogP contribution < -0.4 is 0 Å². The number of ether oxygens (including phenoxy) is 2. The molecule has 0 bridgehead atoms. The first-order valence-corrected chi connectivity index (χ1v) is 4.77. The summed E-state index contributed by atoms with van der Waals surface area (Å²) in [6, 6.07) is 0. The molecule has 0 aromatic carbocycles. The summed E-state index contributed by atoms with van der Waals surface area (Å²) in [5.41, 5.74) is 0. The van der Waals surface area contributed by atoms with Gasteiger partial charge in [0.2, 0.25) is 0 Å². The third-order valence-electron chi connectivity index (χ3n) is 2.73. The number of aliphatic hydroxyl groups excluding tert-OH is 1. The molecule has 1 saturated carbocycles. The zero-order valence-electron chi connectivity index (χ0n) is 7.29. The van der Waals surface area contributed by atoms with E-state index in [0.29, 0.717) is 13.0 Å². The topological polar surface area (TPSA) is 38.7 Å². The van der Waals surface area contributed by atoms with E-state index in [9.17, 15) is 0 Å². The van der Waals surface area contributed by atoms with Gasteiger partial charge >= 0.3 is 0 Å². The number of hydrogen-bond donors (Lipinski definition) is 1. The summed E-state index contributed by atoms with van der Waals surface area (Å²) in [5.74, 6) is -0.250. The average Bonchev–Trinajstić information content (AvgIpc) is 2.65. The maximum absolute atomic E-state index is 8.72. The van der Waals surface area contributed by atoms with Crippen LogP contribution >= 0.6 is 0 Å². The maximum atomic E-state index is 8.72. The minimum Gasteiger partial charge on any atom is -0.396 e. The Hall–Kier alpha value is -0.120. The molecule has 2 fully saturated rings. The van der Waals surface area contributed by atoms with Gasteiger partial charge in [0.25, 0.3) is 0 Å². The van der Waals surface area contributed by atoms with E-state index in [1.807, 2.05) is 0 Å². The molecule has 0 aromatic heterocycles. The maximum Gasteiger partial charge on any atom is 0.168 e. The Kier molecular flexibility index (Phi) is 2.35. The van der Waals surface area contributed by atoms with Crippen molar-refractivity contribution in [1.29, 1.82) is 0 Å². The van der Waals surface area contributed by atoms with Crippen molar-refractivity contribution >= 4 is 0 Å². The van der Waals surface area contributed by atoms with Gasteiger partial charge in [0, 0.05) is 19.4 Å². The highest BCUT2D eigenvalue weighted by molar-refractivity contribution is 4.83. The minimum atomic E-state index is -0.250. The van der Waals surface area contributed by atoms with E-state index in [4.69, 9.17) is 14.6 Å². The molecule has 0 amide bonds. The van der Waals surface area contributed by atoms with Crippen molar-refractivity contribution in [1.82, 2.24) is 0 Å². The minimum absolute atomic E-state index is 0.132. The molecule has 0 radical (unpaired) electrons. The summed E-state index contributed by atoms with van der Waals surface area (Å²) in [5, 5.41) is 8.72. The fourth-order valence-electron chi connectivity index (χ4n) is 2.08. The fraction of sp³-hybridized carbons (Fsp3) is 1.00. The first kappa shape index (κ1) is 8.48. The third kappa shape index (κ3) is 1.49. The fourth-order valence-corrected chi connectivity index (χ4v) is 2.08. The van der Waals surface area contributed by atoms with Gasteiger partial charge in [-0.25, -0.2) is 0 Å². The Morgan fingerprint density at radius 2 is 2.08 bits per heavy atom. The molecule has 1 atom stereocenters. The van der Waals surface area contributed by atoms with Crippen molar-refractivity contribution in [2.24, 2.45) is 0 Å². The van der Waals surface area contributed by atoms with Crippen LogP contribution in [0.15, 0.2) is 0 Å². The monoisotopic (exact) mass is 172 g/mol. The molecule has 2 rings (SSSR count). The van der Waals surface area contributed by atoms with Crippen LogP contribution in [-0.2, 0) is 9.47 Å². The highest BCUT2D eigenvalue weighted by atomic mass is 16.7. The number of rotatable bonds is 2. The first-order valence-electron chi connectivity index (χ1n) is 4.77. The molecule has 70 valence electrons. The van der Waals surface area contributed by atoms with Crippen LogP contribution in [-0.4, -0.2) is 30.2 Å². The molecule has 12 heavy (non-hydrogen) atoms. The van der Waals surface area contributed by atoms with Gasteiger partial charge in [-0.15, -0.1) is 0 Å². The molecule has 2 aliphatic rings. The highest BCUT2D eigenvalue weighted by Crippen LogP contribution is 2.39. The van der Waals surface area contributed by atoms with Crippen molar-refractivity contribution in [3.63, 3.8) is 0 Å². The van der Waals surface area contributed by atoms with E-state index in [-0.39, 0.29) is 18.5 Å². The lowest BCUT2D eigenvalue weighted by Gasteiger charge is -2.21. The molecule has 0 aromatic rings. The number of aliphatic hydroxyl groups is 1. The quantitative estimate of drug-likeness (QED) is 0.676. The van der Waals surface area contributed by atoms with Crippen LogP contribution in [0.3, 0.4) is 0 Å². The van der Waals surface area contributed by atoms with E-state index in [2.05, 4.69) is 0 Å². The van der Waals surface area contributed by atoms with E-state index >= 15 is 0 Å². The van der Waals surface area contributed by atoms with Crippen molar-refractivity contribution in [2.75, 3.05) is 13.2 Å². The van der Waals surface area contributed by atoms with Crippen LogP contribution in [0.5, 0.6) is 0 Å². The van der Waals surface area contributed by atoms with Gasteiger partial charge in [-0.2, -0.15) is 0 Å². The third-order valence-corrected chi connectivity index (χ3v) is 2.73. The molecule has 1 aliphatic heterocycles. The SMILES string of the molecule is OCCC1COC2(CCCC2)O1. The van der Waals surface area contributed by atoms with Crippen molar-refractivity contribution in [3.05, 3.63) is 0 Å². The Morgan fingerprint density at radius 3 is 2.75 bits per heavy atom. The molecule has 3 nitrogen and oxygen atoms in total. The van der Waals surface area contributed by atoms with E-state index in [1.54, 1.807) is 0 Å². The lowest BCUT2D eigenvalue weighted by Crippen LogP contribution is -2.26. The molecular formula is C9H16O3. The molecular weight excluding hydrogens is 156 g/mol. The van der Waals surface area contributed by atoms with Crippen molar-refractivity contribution < 1.29 is 14.6 Å². The van der Waals surface area contributed by atoms with Gasteiger partial charge < -0.3 is 14.6 Å². The van der Waals surface area contributed by atoms with Gasteiger partial charge in [0.15, 0.2) is 5.79 Å². The second-order valence-electron chi connectivity index (χ2n) is 3.68. The first-order chi connectivity index (χ1) is 5.85. The molecule has 1 aliphatic carbocycles. The lowest BCUT2D eigenvalue weighted by molar-refractivity contribution is -0.162. The predicted octanol–water partition coefficient (Wildman–Crippen LogP) is 1.05. The van der Waals surface area contributed by atoms with Gasteiger partial charge in [0.05, 0.1) is 12.7 Å². The zero-order chi connectivity index (χ0) is 8.44. The van der Waals surface area contributed by atoms with Gasteiger partial charge in [-0.1, -0.05) is 0 Å². The summed E-state index contributed by atoms with van der Waals surface area (Å²) in [4.78, 5) is 0. The standard InChI is InChI=1S/C9H16O3/c10-6-3-8-7-11-9(12-8)4-1-2-5-9/h8,10H,1-7H2. The Morgan fingerprint density at radius 1 is 1.33 bits per heavy atom. The second kappa shape index (κ2) is 3.32. The van der Waals surface area contributed by atoms with E-state index in [1.165, 1.54) is 12.8 Å². The molecule has 1 heterocycles. The van der Waals surface area contributed by atoms with Crippen molar-refractivity contribution in [3.8, 4) is 0 Å². The largest absolute Gasteiger partial charge is 0.396 e. The smallest absolute Gasteiger partial charge is 0.168 e. The number of hydrogen-bond acceptors (Lipinski definition) is 3. The summed E-state index contributed by atoms with van der Waals surface area (Å²) in [6.07, 6.45) is 5.34. The van der Waals surface area contributed by atoms with Gasteiger partial charge in [0.1, 0.15) is 0 Å². The molecule has 1 N–H and O–H groups in total. The Bertz CT molecular complexity index is 152. The van der Waals surface area contributed by atoms with E-state index < -0.39 is 0 Å². The molecule has 3 heteroatoms. The van der Waals surface area contributed by atoms with E-state index in [0.717, 1.165) is 12.8 Å². The second-order valence-corrected chi connectivity index (χ2v) is 3.68. The summed E-state index contributed by atoms with van der Waals surface area (Å²) in [6.45, 7) is 0.866. The highest BCUT2D eigenvalue weighted by Gasteiger charge is 2.43. The predicted molar refractivity (Wildman–Crippen MR) is 43.7 cm³/mol. The van der Waals surface area contributed by atoms with Crippen molar-refractivity contribution in [2.45, 2.75) is 44.0 Å². The van der Waals surface area contributed by atoms with Gasteiger partial charge in [-0.3, -0.25) is 0 Å². The van der Waals surface area contributed by atoms with Crippen LogP contribution in [0.25, 0.3) is 0 Å². The molecule has 1 saturated heterocycles.